The number of fused-ring (bicyclic) bond motifs is 1. The largest absolute Gasteiger partial charge is 0.338 e. The first-order chi connectivity index (χ1) is 10.9. The zero-order valence-corrected chi connectivity index (χ0v) is 14.1. The van der Waals surface area contributed by atoms with Crippen LogP contribution in [0.4, 0.5) is 5.88 Å². The molecular formula is C19H24N2O2. The Morgan fingerprint density at radius 1 is 1.17 bits per heavy atom. The van der Waals surface area contributed by atoms with Gasteiger partial charge in [0, 0.05) is 11.5 Å². The van der Waals surface area contributed by atoms with E-state index in [2.05, 4.69) is 49.4 Å². The second-order valence-electron chi connectivity index (χ2n) is 7.36. The summed E-state index contributed by atoms with van der Waals surface area (Å²) in [7, 11) is 0. The molecule has 1 aliphatic carbocycles. The van der Waals surface area contributed by atoms with Crippen molar-refractivity contribution in [1.82, 2.24) is 5.16 Å². The van der Waals surface area contributed by atoms with Crippen molar-refractivity contribution in [1.29, 1.82) is 0 Å². The smallest absolute Gasteiger partial charge is 0.231 e. The summed E-state index contributed by atoms with van der Waals surface area (Å²) in [6, 6.07) is 8.20. The number of aromatic nitrogens is 1. The number of hydrogen-bond donors (Lipinski definition) is 1. The second kappa shape index (κ2) is 6.19. The Balaban J connectivity index is 1.64. The first-order valence-electron chi connectivity index (χ1n) is 8.29. The molecule has 1 heterocycles. The van der Waals surface area contributed by atoms with E-state index in [0.717, 1.165) is 24.1 Å². The predicted molar refractivity (Wildman–Crippen MR) is 90.6 cm³/mol. The standard InChI is InChI=1S/C19H24N2O2/c1-19(2,3)16-12-18(23-21-16)20-17(22)11-13-8-9-14-6-4-5-7-15(14)10-13/h8-10,12H,4-7,11H2,1-3H3,(H,20,22). The molecule has 1 amide bonds. The minimum Gasteiger partial charge on any atom is -0.338 e. The quantitative estimate of drug-likeness (QED) is 0.931. The lowest BCUT2D eigenvalue weighted by molar-refractivity contribution is -0.115. The van der Waals surface area contributed by atoms with Crippen LogP contribution in [0, 0.1) is 0 Å². The maximum Gasteiger partial charge on any atom is 0.231 e. The Kier molecular flexibility index (Phi) is 4.24. The SMILES string of the molecule is CC(C)(C)c1cc(NC(=O)Cc2ccc3c(c2)CCCC3)on1. The average molecular weight is 312 g/mol. The fourth-order valence-electron chi connectivity index (χ4n) is 2.95. The third kappa shape index (κ3) is 3.81. The molecule has 0 aliphatic heterocycles. The lowest BCUT2D eigenvalue weighted by atomic mass is 9.90. The Morgan fingerprint density at radius 3 is 2.61 bits per heavy atom. The highest BCUT2D eigenvalue weighted by atomic mass is 16.5. The zero-order valence-electron chi connectivity index (χ0n) is 14.1. The Labute approximate surface area is 137 Å². The summed E-state index contributed by atoms with van der Waals surface area (Å²) >= 11 is 0. The van der Waals surface area contributed by atoms with Gasteiger partial charge in [0.1, 0.15) is 0 Å². The van der Waals surface area contributed by atoms with Crippen LogP contribution in [0.15, 0.2) is 28.8 Å². The normalized spacial score (nSPS) is 14.4. The summed E-state index contributed by atoms with van der Waals surface area (Å²) in [4.78, 5) is 12.2. The van der Waals surface area contributed by atoms with Gasteiger partial charge in [-0.3, -0.25) is 10.1 Å². The molecule has 1 aliphatic rings. The molecule has 122 valence electrons. The topological polar surface area (TPSA) is 55.1 Å². The van der Waals surface area contributed by atoms with Gasteiger partial charge in [-0.05, 0) is 42.4 Å². The number of amides is 1. The lowest BCUT2D eigenvalue weighted by Gasteiger charge is -2.16. The van der Waals surface area contributed by atoms with Gasteiger partial charge in [0.2, 0.25) is 11.8 Å². The van der Waals surface area contributed by atoms with E-state index in [1.165, 1.54) is 24.0 Å². The highest BCUT2D eigenvalue weighted by Gasteiger charge is 2.20. The van der Waals surface area contributed by atoms with Gasteiger partial charge < -0.3 is 4.52 Å². The van der Waals surface area contributed by atoms with Crippen LogP contribution >= 0.6 is 0 Å². The molecule has 0 bridgehead atoms. The molecule has 4 nitrogen and oxygen atoms in total. The minimum atomic E-state index is -0.0923. The highest BCUT2D eigenvalue weighted by molar-refractivity contribution is 5.91. The first kappa shape index (κ1) is 15.8. The van der Waals surface area contributed by atoms with Crippen molar-refractivity contribution in [3.63, 3.8) is 0 Å². The summed E-state index contributed by atoms with van der Waals surface area (Å²) in [5.41, 5.74) is 4.63. The zero-order chi connectivity index (χ0) is 16.4. The molecule has 0 atom stereocenters. The summed E-state index contributed by atoms with van der Waals surface area (Å²) in [5, 5.41) is 6.81. The minimum absolute atomic E-state index is 0.0719. The Hall–Kier alpha value is -2.10. The molecule has 2 aromatic rings. The third-order valence-corrected chi connectivity index (χ3v) is 4.32. The lowest BCUT2D eigenvalue weighted by Crippen LogP contribution is -2.15. The van der Waals surface area contributed by atoms with Gasteiger partial charge in [-0.1, -0.05) is 44.1 Å². The number of benzene rings is 1. The van der Waals surface area contributed by atoms with Gasteiger partial charge in [-0.15, -0.1) is 0 Å². The van der Waals surface area contributed by atoms with E-state index >= 15 is 0 Å². The third-order valence-electron chi connectivity index (χ3n) is 4.32. The molecule has 0 saturated heterocycles. The van der Waals surface area contributed by atoms with Crippen LogP contribution in [0.5, 0.6) is 0 Å². The van der Waals surface area contributed by atoms with Crippen molar-refractivity contribution in [2.45, 2.75) is 58.3 Å². The number of anilines is 1. The van der Waals surface area contributed by atoms with E-state index in [-0.39, 0.29) is 11.3 Å². The molecule has 1 N–H and O–H groups in total. The summed E-state index contributed by atoms with van der Waals surface area (Å²) < 4.78 is 5.21. The van der Waals surface area contributed by atoms with Gasteiger partial charge >= 0.3 is 0 Å². The number of aryl methyl sites for hydroxylation is 2. The van der Waals surface area contributed by atoms with Crippen molar-refractivity contribution in [3.8, 4) is 0 Å². The number of hydrogen-bond acceptors (Lipinski definition) is 3. The van der Waals surface area contributed by atoms with Crippen molar-refractivity contribution in [3.05, 3.63) is 46.6 Å². The molecule has 0 unspecified atom stereocenters. The molecule has 0 radical (unpaired) electrons. The Morgan fingerprint density at radius 2 is 1.91 bits per heavy atom. The summed E-state index contributed by atoms with van der Waals surface area (Å²) in [6.07, 6.45) is 5.17. The van der Waals surface area contributed by atoms with Crippen LogP contribution < -0.4 is 5.32 Å². The Bertz CT molecular complexity index is 710. The summed E-state index contributed by atoms with van der Waals surface area (Å²) in [6.45, 7) is 6.18. The number of nitrogens with one attached hydrogen (secondary N) is 1. The molecule has 1 aromatic carbocycles. The van der Waals surface area contributed by atoms with Crippen LogP contribution in [0.1, 0.15) is 56.0 Å². The van der Waals surface area contributed by atoms with Gasteiger partial charge in [0.15, 0.2) is 0 Å². The monoisotopic (exact) mass is 312 g/mol. The number of nitrogens with zero attached hydrogens (tertiary/aromatic N) is 1. The van der Waals surface area contributed by atoms with E-state index in [4.69, 9.17) is 4.52 Å². The van der Waals surface area contributed by atoms with Gasteiger partial charge in [-0.2, -0.15) is 0 Å². The van der Waals surface area contributed by atoms with E-state index in [1.807, 2.05) is 0 Å². The van der Waals surface area contributed by atoms with Crippen LogP contribution in [0.2, 0.25) is 0 Å². The molecule has 4 heteroatoms. The fraction of sp³-hybridized carbons (Fsp3) is 0.474. The van der Waals surface area contributed by atoms with Gasteiger partial charge in [0.05, 0.1) is 12.1 Å². The molecule has 0 fully saturated rings. The van der Waals surface area contributed by atoms with Gasteiger partial charge in [0.25, 0.3) is 0 Å². The number of carbonyl (C=O) groups excluding carboxylic acids is 1. The number of carbonyl (C=O) groups is 1. The number of rotatable bonds is 3. The molecule has 3 rings (SSSR count). The van der Waals surface area contributed by atoms with E-state index in [1.54, 1.807) is 6.07 Å². The predicted octanol–water partition coefficient (Wildman–Crippen LogP) is 4.03. The van der Waals surface area contributed by atoms with Crippen molar-refractivity contribution in [2.75, 3.05) is 5.32 Å². The first-order valence-corrected chi connectivity index (χ1v) is 8.29. The van der Waals surface area contributed by atoms with E-state index in [9.17, 15) is 4.79 Å². The maximum atomic E-state index is 12.2. The average Bonchev–Trinajstić information content (AvgIpc) is 2.95. The van der Waals surface area contributed by atoms with E-state index in [0.29, 0.717) is 12.3 Å². The molecule has 0 spiro atoms. The molecule has 0 saturated carbocycles. The fourth-order valence-corrected chi connectivity index (χ4v) is 2.95. The van der Waals surface area contributed by atoms with Crippen molar-refractivity contribution in [2.24, 2.45) is 0 Å². The highest BCUT2D eigenvalue weighted by Crippen LogP contribution is 2.24. The molecule has 1 aromatic heterocycles. The van der Waals surface area contributed by atoms with Crippen molar-refractivity contribution < 1.29 is 9.32 Å². The van der Waals surface area contributed by atoms with Crippen molar-refractivity contribution >= 4 is 11.8 Å². The van der Waals surface area contributed by atoms with Crippen LogP contribution in [0.25, 0.3) is 0 Å². The van der Waals surface area contributed by atoms with Crippen LogP contribution in [-0.2, 0) is 29.5 Å². The molecular weight excluding hydrogens is 288 g/mol. The second-order valence-corrected chi connectivity index (χ2v) is 7.36. The van der Waals surface area contributed by atoms with Crippen LogP contribution in [-0.4, -0.2) is 11.1 Å². The maximum absolute atomic E-state index is 12.2. The van der Waals surface area contributed by atoms with E-state index < -0.39 is 0 Å². The van der Waals surface area contributed by atoms with Gasteiger partial charge in [-0.25, -0.2) is 0 Å². The summed E-state index contributed by atoms with van der Waals surface area (Å²) in [5.74, 6) is 0.343. The van der Waals surface area contributed by atoms with Crippen LogP contribution in [0.3, 0.4) is 0 Å². The molecule has 23 heavy (non-hydrogen) atoms.